The molecule has 0 fully saturated rings. The zero-order chi connectivity index (χ0) is 18.4. The summed E-state index contributed by atoms with van der Waals surface area (Å²) in [5, 5.41) is 10.5. The third-order valence-corrected chi connectivity index (χ3v) is 4.20. The number of nitrogens with one attached hydrogen (secondary N) is 2. The van der Waals surface area contributed by atoms with Gasteiger partial charge in [-0.1, -0.05) is 38.8 Å². The fraction of sp³-hybridized carbons (Fsp3) is 0.500. The third kappa shape index (κ3) is 4.71. The van der Waals surface area contributed by atoms with Crippen molar-refractivity contribution in [1.29, 1.82) is 0 Å². The Morgan fingerprint density at radius 3 is 1.84 bits per heavy atom. The molecule has 1 heterocycles. The van der Waals surface area contributed by atoms with Crippen LogP contribution in [-0.2, 0) is 19.4 Å². The van der Waals surface area contributed by atoms with Crippen LogP contribution in [-0.4, -0.2) is 19.6 Å². The maximum absolute atomic E-state index is 11.9. The lowest BCUT2D eigenvalue weighted by atomic mass is 9.97. The van der Waals surface area contributed by atoms with Gasteiger partial charge in [0.05, 0.1) is 6.54 Å². The molecule has 0 radical (unpaired) electrons. The Labute approximate surface area is 145 Å². The normalized spacial score (nSPS) is 11.0. The minimum atomic E-state index is -0.816. The second-order valence-electron chi connectivity index (χ2n) is 6.25. The van der Waals surface area contributed by atoms with Gasteiger partial charge in [0.15, 0.2) is 0 Å². The van der Waals surface area contributed by atoms with Crippen LogP contribution in [0.25, 0.3) is 0 Å². The molecule has 1 aromatic carbocycles. The molecule has 2 rings (SSSR count). The molecular formula is C18H25N3O4. The van der Waals surface area contributed by atoms with E-state index in [1.807, 2.05) is 12.1 Å². The van der Waals surface area contributed by atoms with Gasteiger partial charge in [0.25, 0.3) is 0 Å². The van der Waals surface area contributed by atoms with Gasteiger partial charge >= 0.3 is 17.1 Å². The first-order valence-corrected chi connectivity index (χ1v) is 8.73. The number of aromatic hydroxyl groups is 1. The highest BCUT2D eigenvalue weighted by atomic mass is 16.3. The average Bonchev–Trinajstić information content (AvgIpc) is 2.56. The largest absolute Gasteiger partial charge is 0.507 e. The molecule has 3 N–H and O–H groups in total. The molecule has 0 amide bonds. The highest BCUT2D eigenvalue weighted by Gasteiger charge is 2.12. The van der Waals surface area contributed by atoms with E-state index in [1.54, 1.807) is 0 Å². The number of hydrogen-bond donors (Lipinski definition) is 3. The maximum atomic E-state index is 11.9. The van der Waals surface area contributed by atoms with Gasteiger partial charge in [-0.25, -0.2) is 19.0 Å². The molecule has 1 aromatic heterocycles. The lowest BCUT2D eigenvalue weighted by Gasteiger charge is -2.13. The van der Waals surface area contributed by atoms with Crippen LogP contribution in [0.4, 0.5) is 0 Å². The summed E-state index contributed by atoms with van der Waals surface area (Å²) in [6.07, 6.45) is 5.39. The molecular weight excluding hydrogens is 322 g/mol. The summed E-state index contributed by atoms with van der Waals surface area (Å²) in [6, 6.07) is 3.66. The van der Waals surface area contributed by atoms with Crippen LogP contribution in [0.5, 0.6) is 5.75 Å². The molecule has 7 heteroatoms. The number of H-pyrrole nitrogens is 2. The molecule has 7 nitrogen and oxygen atoms in total. The van der Waals surface area contributed by atoms with Gasteiger partial charge in [-0.05, 0) is 42.4 Å². The molecule has 0 saturated carbocycles. The summed E-state index contributed by atoms with van der Waals surface area (Å²) in [7, 11) is 0. The number of benzene rings is 1. The average molecular weight is 347 g/mol. The summed E-state index contributed by atoms with van der Waals surface area (Å²) in [6.45, 7) is 4.21. The van der Waals surface area contributed by atoms with E-state index in [-0.39, 0.29) is 6.54 Å². The fourth-order valence-electron chi connectivity index (χ4n) is 2.82. The van der Waals surface area contributed by atoms with Crippen LogP contribution in [0.15, 0.2) is 26.5 Å². The summed E-state index contributed by atoms with van der Waals surface area (Å²) >= 11 is 0. The van der Waals surface area contributed by atoms with Crippen molar-refractivity contribution in [3.63, 3.8) is 0 Å². The van der Waals surface area contributed by atoms with E-state index in [4.69, 9.17) is 0 Å². The molecule has 0 aliphatic rings. The molecule has 0 aliphatic carbocycles. The number of aryl methyl sites for hydroxylation is 2. The van der Waals surface area contributed by atoms with Crippen molar-refractivity contribution in [2.24, 2.45) is 0 Å². The van der Waals surface area contributed by atoms with Crippen LogP contribution in [0, 0.1) is 0 Å². The van der Waals surface area contributed by atoms with Crippen LogP contribution >= 0.6 is 0 Å². The Hall–Kier alpha value is -2.57. The summed E-state index contributed by atoms with van der Waals surface area (Å²) < 4.78 is 0.945. The van der Waals surface area contributed by atoms with Gasteiger partial charge in [0, 0.05) is 0 Å². The van der Waals surface area contributed by atoms with Gasteiger partial charge in [-0.3, -0.25) is 9.97 Å². The topological polar surface area (TPSA) is 108 Å². The second-order valence-corrected chi connectivity index (χ2v) is 6.25. The zero-order valence-corrected chi connectivity index (χ0v) is 14.7. The van der Waals surface area contributed by atoms with Gasteiger partial charge < -0.3 is 5.11 Å². The first-order valence-electron chi connectivity index (χ1n) is 8.73. The number of phenolic OH excluding ortho intramolecular Hbond substituents is 1. The molecule has 0 bridgehead atoms. The van der Waals surface area contributed by atoms with Crippen LogP contribution in [0.3, 0.4) is 0 Å². The molecule has 136 valence electrons. The first kappa shape index (κ1) is 18.8. The van der Waals surface area contributed by atoms with Crippen LogP contribution in [0.2, 0.25) is 0 Å². The number of unbranched alkanes of at least 4 members (excludes halogenated alkanes) is 2. The van der Waals surface area contributed by atoms with E-state index in [0.717, 1.165) is 59.8 Å². The highest BCUT2D eigenvalue weighted by Crippen LogP contribution is 2.28. The number of rotatable bonds is 8. The van der Waals surface area contributed by atoms with Crippen LogP contribution < -0.4 is 17.1 Å². The number of aromatic nitrogens is 3. The SMILES string of the molecule is CCCCc1cc(Cn2c(=O)[nH]c(=O)[nH]c2=O)cc(CCCC)c1O. The Morgan fingerprint density at radius 2 is 1.40 bits per heavy atom. The van der Waals surface area contributed by atoms with Gasteiger partial charge in [-0.2, -0.15) is 0 Å². The minimum Gasteiger partial charge on any atom is -0.507 e. The molecule has 0 unspecified atom stereocenters. The Balaban J connectivity index is 2.44. The van der Waals surface area contributed by atoms with E-state index in [9.17, 15) is 19.5 Å². The van der Waals surface area contributed by atoms with E-state index >= 15 is 0 Å². The Morgan fingerprint density at radius 1 is 0.920 bits per heavy atom. The number of phenols is 1. The Kier molecular flexibility index (Phi) is 6.38. The Bertz CT molecular complexity index is 829. The molecule has 0 aliphatic heterocycles. The lowest BCUT2D eigenvalue weighted by molar-refractivity contribution is 0.458. The quantitative estimate of drug-likeness (QED) is 0.675. The van der Waals surface area contributed by atoms with Crippen molar-refractivity contribution in [1.82, 2.24) is 14.5 Å². The van der Waals surface area contributed by atoms with E-state index in [0.29, 0.717) is 5.75 Å². The number of nitrogens with zero attached hydrogens (tertiary/aromatic N) is 1. The summed E-state index contributed by atoms with van der Waals surface area (Å²) in [5.74, 6) is 0.313. The number of aromatic amines is 2. The predicted molar refractivity (Wildman–Crippen MR) is 96.4 cm³/mol. The molecule has 25 heavy (non-hydrogen) atoms. The van der Waals surface area contributed by atoms with Crippen molar-refractivity contribution >= 4 is 0 Å². The van der Waals surface area contributed by atoms with E-state index in [2.05, 4.69) is 23.8 Å². The molecule has 0 saturated heterocycles. The minimum absolute atomic E-state index is 0.0451. The van der Waals surface area contributed by atoms with Gasteiger partial charge in [0.2, 0.25) is 0 Å². The lowest BCUT2D eigenvalue weighted by Crippen LogP contribution is -2.43. The van der Waals surface area contributed by atoms with Crippen molar-refractivity contribution in [3.8, 4) is 5.75 Å². The molecule has 0 spiro atoms. The van der Waals surface area contributed by atoms with E-state index in [1.165, 1.54) is 0 Å². The molecule has 2 aromatic rings. The van der Waals surface area contributed by atoms with Crippen molar-refractivity contribution in [3.05, 3.63) is 60.3 Å². The summed E-state index contributed by atoms with van der Waals surface area (Å²) in [4.78, 5) is 39.0. The standard InChI is InChI=1S/C18H25N3O4/c1-3-5-7-13-9-12(10-14(15(13)22)8-6-4-2)11-21-17(24)19-16(23)20-18(21)25/h9-10,22H,3-8,11H2,1-2H3,(H2,19,20,23,24,25). The maximum Gasteiger partial charge on any atom is 0.333 e. The summed E-state index contributed by atoms with van der Waals surface area (Å²) in [5.41, 5.74) is 0.122. The monoisotopic (exact) mass is 347 g/mol. The predicted octanol–water partition coefficient (Wildman–Crippen LogP) is 1.66. The zero-order valence-electron chi connectivity index (χ0n) is 14.7. The van der Waals surface area contributed by atoms with Crippen molar-refractivity contribution < 1.29 is 5.11 Å². The highest BCUT2D eigenvalue weighted by molar-refractivity contribution is 5.44. The van der Waals surface area contributed by atoms with Crippen molar-refractivity contribution in [2.45, 2.75) is 58.9 Å². The smallest absolute Gasteiger partial charge is 0.333 e. The van der Waals surface area contributed by atoms with E-state index < -0.39 is 17.1 Å². The van der Waals surface area contributed by atoms with Gasteiger partial charge in [0.1, 0.15) is 5.75 Å². The first-order chi connectivity index (χ1) is 12.0. The van der Waals surface area contributed by atoms with Crippen LogP contribution in [0.1, 0.15) is 56.2 Å². The van der Waals surface area contributed by atoms with Crippen molar-refractivity contribution in [2.75, 3.05) is 0 Å². The number of hydrogen-bond acceptors (Lipinski definition) is 4. The van der Waals surface area contributed by atoms with Gasteiger partial charge in [-0.15, -0.1) is 0 Å². The second kappa shape index (κ2) is 8.50. The fourth-order valence-corrected chi connectivity index (χ4v) is 2.82. The third-order valence-electron chi connectivity index (χ3n) is 4.20. The molecule has 0 atom stereocenters.